The van der Waals surface area contributed by atoms with Crippen molar-refractivity contribution in [1.82, 2.24) is 5.32 Å². The molecule has 0 aliphatic heterocycles. The number of nitrogens with zero attached hydrogens (tertiary/aromatic N) is 1. The Morgan fingerprint density at radius 3 is 2.79 bits per heavy atom. The molecule has 0 bridgehead atoms. The Labute approximate surface area is 118 Å². The summed E-state index contributed by atoms with van der Waals surface area (Å²) < 4.78 is 5.51. The Hall–Kier alpha value is -1.73. The molecule has 1 amide bonds. The molecule has 19 heavy (non-hydrogen) atoms. The average molecular weight is 281 g/mol. The van der Waals surface area contributed by atoms with Crippen LogP contribution in [0.15, 0.2) is 18.2 Å². The summed E-state index contributed by atoms with van der Waals surface area (Å²) in [7, 11) is 0. The number of nitriles is 1. The maximum absolute atomic E-state index is 11.8. The molecule has 1 aromatic rings. The van der Waals surface area contributed by atoms with Crippen molar-refractivity contribution in [3.63, 3.8) is 0 Å². The molecular weight excluding hydrogens is 264 g/mol. The van der Waals surface area contributed by atoms with Crippen LogP contribution in [0.4, 0.5) is 0 Å². The van der Waals surface area contributed by atoms with Gasteiger partial charge in [0, 0.05) is 6.04 Å². The zero-order valence-electron chi connectivity index (χ0n) is 11.2. The molecule has 5 heteroatoms. The Balaban J connectivity index is 2.78. The summed E-state index contributed by atoms with van der Waals surface area (Å²) in [4.78, 5) is 11.8. The third kappa shape index (κ3) is 4.15. The highest BCUT2D eigenvalue weighted by Gasteiger charge is 2.18. The zero-order chi connectivity index (χ0) is 14.4. The van der Waals surface area contributed by atoms with Gasteiger partial charge in [-0.2, -0.15) is 5.26 Å². The van der Waals surface area contributed by atoms with Gasteiger partial charge < -0.3 is 10.1 Å². The van der Waals surface area contributed by atoms with Crippen LogP contribution in [0.2, 0.25) is 5.02 Å². The van der Waals surface area contributed by atoms with E-state index in [0.717, 1.165) is 6.42 Å². The Kier molecular flexibility index (Phi) is 5.65. The molecule has 0 fully saturated rings. The fraction of sp³-hybridized carbons (Fsp3) is 0.429. The van der Waals surface area contributed by atoms with Gasteiger partial charge in [0.2, 0.25) is 0 Å². The number of hydrogen-bond acceptors (Lipinski definition) is 3. The van der Waals surface area contributed by atoms with Crippen LogP contribution in [0.3, 0.4) is 0 Å². The normalized spacial score (nSPS) is 13.2. The first-order chi connectivity index (χ1) is 8.99. The van der Waals surface area contributed by atoms with Crippen molar-refractivity contribution in [2.75, 3.05) is 0 Å². The smallest absolute Gasteiger partial charge is 0.260 e. The predicted octanol–water partition coefficient (Wildman–Crippen LogP) is 2.89. The predicted molar refractivity (Wildman–Crippen MR) is 74.2 cm³/mol. The van der Waals surface area contributed by atoms with E-state index in [2.05, 4.69) is 5.32 Å². The molecule has 0 radical (unpaired) electrons. The van der Waals surface area contributed by atoms with Gasteiger partial charge in [-0.3, -0.25) is 4.79 Å². The van der Waals surface area contributed by atoms with Gasteiger partial charge in [0.1, 0.15) is 17.4 Å². The van der Waals surface area contributed by atoms with Crippen molar-refractivity contribution >= 4 is 17.5 Å². The Bertz CT molecular complexity index is 497. The lowest BCUT2D eigenvalue weighted by Gasteiger charge is -2.18. The fourth-order valence-corrected chi connectivity index (χ4v) is 1.63. The largest absolute Gasteiger partial charge is 0.479 e. The van der Waals surface area contributed by atoms with Crippen LogP contribution in [-0.4, -0.2) is 18.1 Å². The van der Waals surface area contributed by atoms with E-state index in [1.807, 2.05) is 19.9 Å². The Morgan fingerprint density at radius 2 is 2.21 bits per heavy atom. The average Bonchev–Trinajstić information content (AvgIpc) is 2.38. The molecule has 2 atom stereocenters. The third-order valence-corrected chi connectivity index (χ3v) is 3.08. The summed E-state index contributed by atoms with van der Waals surface area (Å²) in [6, 6.07) is 6.97. The van der Waals surface area contributed by atoms with Crippen molar-refractivity contribution in [1.29, 1.82) is 5.26 Å². The van der Waals surface area contributed by atoms with E-state index in [1.54, 1.807) is 25.1 Å². The van der Waals surface area contributed by atoms with E-state index in [4.69, 9.17) is 21.6 Å². The molecule has 0 aliphatic carbocycles. The first-order valence-corrected chi connectivity index (χ1v) is 6.53. The van der Waals surface area contributed by atoms with Crippen LogP contribution >= 0.6 is 11.6 Å². The van der Waals surface area contributed by atoms with Crippen LogP contribution in [0.5, 0.6) is 5.75 Å². The summed E-state index contributed by atoms with van der Waals surface area (Å²) in [5.74, 6) is 0.111. The second kappa shape index (κ2) is 7.01. The minimum atomic E-state index is -0.681. The highest BCUT2D eigenvalue weighted by Crippen LogP contribution is 2.26. The number of hydrogen-bond donors (Lipinski definition) is 1. The molecule has 0 spiro atoms. The monoisotopic (exact) mass is 280 g/mol. The fourth-order valence-electron chi connectivity index (χ4n) is 1.42. The van der Waals surface area contributed by atoms with E-state index in [0.29, 0.717) is 10.8 Å². The lowest BCUT2D eigenvalue weighted by atomic mass is 10.2. The van der Waals surface area contributed by atoms with Crippen molar-refractivity contribution in [2.24, 2.45) is 0 Å². The van der Waals surface area contributed by atoms with Crippen molar-refractivity contribution in [3.05, 3.63) is 28.8 Å². The van der Waals surface area contributed by atoms with Gasteiger partial charge in [-0.05, 0) is 32.4 Å². The van der Waals surface area contributed by atoms with Gasteiger partial charge in [0.15, 0.2) is 6.10 Å². The van der Waals surface area contributed by atoms with Crippen molar-refractivity contribution in [3.8, 4) is 11.8 Å². The van der Waals surface area contributed by atoms with Crippen LogP contribution in [-0.2, 0) is 4.79 Å². The van der Waals surface area contributed by atoms with Crippen LogP contribution in [0.25, 0.3) is 0 Å². The molecule has 0 heterocycles. The quantitative estimate of drug-likeness (QED) is 0.902. The van der Waals surface area contributed by atoms with E-state index < -0.39 is 6.10 Å². The lowest BCUT2D eigenvalue weighted by Crippen LogP contribution is -2.41. The van der Waals surface area contributed by atoms with E-state index >= 15 is 0 Å². The minimum Gasteiger partial charge on any atom is -0.479 e. The number of nitrogens with one attached hydrogen (secondary N) is 1. The van der Waals surface area contributed by atoms with Crippen LogP contribution in [0, 0.1) is 11.3 Å². The highest BCUT2D eigenvalue weighted by atomic mass is 35.5. The van der Waals surface area contributed by atoms with E-state index in [1.165, 1.54) is 0 Å². The Morgan fingerprint density at radius 1 is 1.53 bits per heavy atom. The van der Waals surface area contributed by atoms with E-state index in [9.17, 15) is 4.79 Å². The molecule has 102 valence electrons. The van der Waals surface area contributed by atoms with Crippen molar-refractivity contribution < 1.29 is 9.53 Å². The summed E-state index contributed by atoms with van der Waals surface area (Å²) in [5.41, 5.74) is 0.243. The molecule has 2 unspecified atom stereocenters. The molecule has 0 aliphatic rings. The standard InChI is InChI=1S/C14H17ClN2O2/c1-4-9(2)17-14(18)10(3)19-13-7-5-6-12(15)11(13)8-16/h5-7,9-10H,4H2,1-3H3,(H,17,18). The summed E-state index contributed by atoms with van der Waals surface area (Å²) in [6.45, 7) is 5.55. The zero-order valence-corrected chi connectivity index (χ0v) is 12.0. The molecule has 0 aromatic heterocycles. The van der Waals surface area contributed by atoms with Gasteiger partial charge in [-0.1, -0.05) is 24.6 Å². The van der Waals surface area contributed by atoms with Gasteiger partial charge in [0.25, 0.3) is 5.91 Å². The van der Waals surface area contributed by atoms with Gasteiger partial charge in [-0.15, -0.1) is 0 Å². The molecular formula is C14H17ClN2O2. The summed E-state index contributed by atoms with van der Waals surface area (Å²) in [5, 5.41) is 12.2. The maximum Gasteiger partial charge on any atom is 0.260 e. The SMILES string of the molecule is CCC(C)NC(=O)C(C)Oc1cccc(Cl)c1C#N. The second-order valence-corrected chi connectivity index (χ2v) is 4.71. The number of ether oxygens (including phenoxy) is 1. The third-order valence-electron chi connectivity index (χ3n) is 2.76. The first-order valence-electron chi connectivity index (χ1n) is 6.15. The number of rotatable bonds is 5. The van der Waals surface area contributed by atoms with Gasteiger partial charge in [-0.25, -0.2) is 0 Å². The lowest BCUT2D eigenvalue weighted by molar-refractivity contribution is -0.127. The number of carbonyl (C=O) groups is 1. The number of halogens is 1. The van der Waals surface area contributed by atoms with Crippen molar-refractivity contribution in [2.45, 2.75) is 39.3 Å². The number of carbonyl (C=O) groups excluding carboxylic acids is 1. The summed E-state index contributed by atoms with van der Waals surface area (Å²) in [6.07, 6.45) is 0.165. The second-order valence-electron chi connectivity index (χ2n) is 4.30. The topological polar surface area (TPSA) is 62.1 Å². The van der Waals surface area contributed by atoms with Crippen LogP contribution in [0.1, 0.15) is 32.8 Å². The van der Waals surface area contributed by atoms with Gasteiger partial charge in [0.05, 0.1) is 5.02 Å². The molecule has 4 nitrogen and oxygen atoms in total. The van der Waals surface area contributed by atoms with E-state index in [-0.39, 0.29) is 17.5 Å². The van der Waals surface area contributed by atoms with Crippen LogP contribution < -0.4 is 10.1 Å². The number of benzene rings is 1. The summed E-state index contributed by atoms with van der Waals surface area (Å²) >= 11 is 5.90. The first kappa shape index (κ1) is 15.3. The molecule has 0 saturated heterocycles. The number of amides is 1. The highest BCUT2D eigenvalue weighted by molar-refractivity contribution is 6.31. The molecule has 1 N–H and O–H groups in total. The minimum absolute atomic E-state index is 0.0911. The molecule has 1 rings (SSSR count). The van der Waals surface area contributed by atoms with Gasteiger partial charge >= 0.3 is 0 Å². The molecule has 1 aromatic carbocycles. The maximum atomic E-state index is 11.8. The molecule has 0 saturated carbocycles.